The number of halogens is 3. The Hall–Kier alpha value is -3.76. The second-order valence-electron chi connectivity index (χ2n) is 7.14. The van der Waals surface area contributed by atoms with Crippen molar-refractivity contribution < 1.29 is 27.2 Å². The van der Waals surface area contributed by atoms with E-state index in [0.29, 0.717) is 11.3 Å². The first-order valence-electron chi connectivity index (χ1n) is 9.36. The second-order valence-corrected chi connectivity index (χ2v) is 7.14. The Kier molecular flexibility index (Phi) is 5.17. The zero-order valence-corrected chi connectivity index (χ0v) is 16.2. The van der Waals surface area contributed by atoms with Gasteiger partial charge in [0.25, 0.3) is 11.8 Å². The van der Waals surface area contributed by atoms with Gasteiger partial charge < -0.3 is 9.73 Å². The highest BCUT2D eigenvalue weighted by Crippen LogP contribution is 2.43. The molecule has 0 spiro atoms. The number of carbonyl (C=O) groups excluding carboxylic acids is 2. The van der Waals surface area contributed by atoms with Gasteiger partial charge in [-0.05, 0) is 31.2 Å². The average Bonchev–Trinajstić information content (AvgIpc) is 3.39. The molecule has 1 aliphatic rings. The summed E-state index contributed by atoms with van der Waals surface area (Å²) in [6, 6.07) is 8.37. The molecule has 0 bridgehead atoms. The number of fused-ring (bicyclic) bond motifs is 1. The monoisotopic (exact) mass is 433 g/mol. The van der Waals surface area contributed by atoms with Gasteiger partial charge in [0.05, 0.1) is 12.3 Å². The van der Waals surface area contributed by atoms with Crippen LogP contribution in [0.2, 0.25) is 0 Å². The lowest BCUT2D eigenvalue weighted by molar-refractivity contribution is -0.174. The fourth-order valence-electron chi connectivity index (χ4n) is 3.40. The number of alkyl halides is 3. The van der Waals surface area contributed by atoms with Gasteiger partial charge in [-0.3, -0.25) is 20.4 Å². The predicted molar refractivity (Wildman–Crippen MR) is 103 cm³/mol. The van der Waals surface area contributed by atoms with E-state index in [1.807, 2.05) is 13.0 Å². The van der Waals surface area contributed by atoms with Crippen LogP contribution in [0.25, 0.3) is 0 Å². The molecule has 2 amide bonds. The minimum atomic E-state index is -4.58. The predicted octanol–water partition coefficient (Wildman–Crippen LogP) is 3.52. The molecule has 8 nitrogen and oxygen atoms in total. The van der Waals surface area contributed by atoms with Gasteiger partial charge in [-0.2, -0.15) is 18.3 Å². The lowest BCUT2D eigenvalue weighted by Gasteiger charge is -2.32. The van der Waals surface area contributed by atoms with Crippen molar-refractivity contribution in [2.45, 2.75) is 31.6 Å². The molecule has 0 saturated heterocycles. The van der Waals surface area contributed by atoms with Crippen LogP contribution in [-0.4, -0.2) is 27.8 Å². The van der Waals surface area contributed by atoms with E-state index in [0.717, 1.165) is 10.2 Å². The second kappa shape index (κ2) is 7.82. The first-order valence-corrected chi connectivity index (χ1v) is 9.36. The molecule has 0 unspecified atom stereocenters. The fraction of sp³-hybridized carbons (Fsp3) is 0.250. The number of hydrazine groups is 1. The van der Waals surface area contributed by atoms with Crippen LogP contribution in [0.1, 0.15) is 50.7 Å². The standard InChI is InChI=1S/C20H18F3N5O3/c1-11-4-2-5-12(8-11)18(29)25-26-19(30)14-10-17-24-13(15-6-3-7-31-15)9-16(20(21,22)23)28(17)27-14/h2-8,10,13,16,24H,9H2,1H3,(H,25,29)(H,26,30)/t13-,16-/m0/s1. The number of anilines is 1. The largest absolute Gasteiger partial charge is 0.467 e. The van der Waals surface area contributed by atoms with Gasteiger partial charge in [0.1, 0.15) is 11.6 Å². The molecular weight excluding hydrogens is 415 g/mol. The van der Waals surface area contributed by atoms with Crippen LogP contribution in [0.3, 0.4) is 0 Å². The Bertz CT molecular complexity index is 1110. The van der Waals surface area contributed by atoms with Gasteiger partial charge in [0.2, 0.25) is 0 Å². The molecule has 3 heterocycles. The van der Waals surface area contributed by atoms with Crippen molar-refractivity contribution in [1.82, 2.24) is 20.6 Å². The van der Waals surface area contributed by atoms with Crippen molar-refractivity contribution >= 4 is 17.6 Å². The fourth-order valence-corrected chi connectivity index (χ4v) is 3.40. The molecule has 4 rings (SSSR count). The Labute approximate surface area is 174 Å². The molecule has 1 aromatic carbocycles. The van der Waals surface area contributed by atoms with Gasteiger partial charge in [0, 0.05) is 18.1 Å². The maximum Gasteiger partial charge on any atom is 0.410 e. The lowest BCUT2D eigenvalue weighted by atomic mass is 10.0. The van der Waals surface area contributed by atoms with E-state index in [-0.39, 0.29) is 17.9 Å². The summed E-state index contributed by atoms with van der Waals surface area (Å²) in [7, 11) is 0. The molecule has 3 N–H and O–H groups in total. The minimum Gasteiger partial charge on any atom is -0.467 e. The first kappa shape index (κ1) is 20.5. The number of carbonyl (C=O) groups is 2. The highest BCUT2D eigenvalue weighted by molar-refractivity contribution is 5.98. The van der Waals surface area contributed by atoms with Crippen molar-refractivity contribution in [2.24, 2.45) is 0 Å². The number of furan rings is 1. The molecule has 0 radical (unpaired) electrons. The Balaban J connectivity index is 1.52. The molecule has 11 heteroatoms. The third-order valence-electron chi connectivity index (χ3n) is 4.88. The zero-order valence-electron chi connectivity index (χ0n) is 16.2. The van der Waals surface area contributed by atoms with E-state index in [9.17, 15) is 22.8 Å². The van der Waals surface area contributed by atoms with Gasteiger partial charge >= 0.3 is 6.18 Å². The van der Waals surface area contributed by atoms with Gasteiger partial charge in [-0.15, -0.1) is 0 Å². The normalized spacial score (nSPS) is 18.1. The molecule has 0 saturated carbocycles. The van der Waals surface area contributed by atoms with Gasteiger partial charge in [0.15, 0.2) is 11.7 Å². The number of nitrogens with zero attached hydrogens (tertiary/aromatic N) is 2. The molecule has 162 valence electrons. The average molecular weight is 433 g/mol. The highest BCUT2D eigenvalue weighted by Gasteiger charge is 2.47. The SMILES string of the molecule is Cc1cccc(C(=O)NNC(=O)c2cc3n(n2)[C@H](C(F)(F)F)C[C@@H](c2ccco2)N3)c1. The van der Waals surface area contributed by atoms with Crippen molar-refractivity contribution in [1.29, 1.82) is 0 Å². The van der Waals surface area contributed by atoms with Crippen molar-refractivity contribution in [3.05, 3.63) is 71.3 Å². The Morgan fingerprint density at radius 3 is 2.61 bits per heavy atom. The summed E-state index contributed by atoms with van der Waals surface area (Å²) in [4.78, 5) is 24.6. The molecular formula is C20H18F3N5O3. The molecule has 0 aliphatic carbocycles. The molecule has 2 atom stereocenters. The van der Waals surface area contributed by atoms with Crippen LogP contribution in [0.5, 0.6) is 0 Å². The van der Waals surface area contributed by atoms with E-state index in [1.54, 1.807) is 30.3 Å². The minimum absolute atomic E-state index is 0.0186. The highest BCUT2D eigenvalue weighted by atomic mass is 19.4. The number of hydrogen-bond acceptors (Lipinski definition) is 5. The van der Waals surface area contributed by atoms with Gasteiger partial charge in [-0.25, -0.2) is 4.68 Å². The zero-order chi connectivity index (χ0) is 22.2. The third-order valence-corrected chi connectivity index (χ3v) is 4.88. The Morgan fingerprint density at radius 1 is 1.16 bits per heavy atom. The van der Waals surface area contributed by atoms with Crippen LogP contribution in [-0.2, 0) is 0 Å². The lowest BCUT2D eigenvalue weighted by Crippen LogP contribution is -2.42. The molecule has 31 heavy (non-hydrogen) atoms. The summed E-state index contributed by atoms with van der Waals surface area (Å²) < 4.78 is 46.9. The van der Waals surface area contributed by atoms with E-state index >= 15 is 0 Å². The number of hydrogen-bond donors (Lipinski definition) is 3. The summed E-state index contributed by atoms with van der Waals surface area (Å²) in [5.74, 6) is -1.05. The molecule has 0 fully saturated rings. The molecule has 2 aromatic heterocycles. The summed E-state index contributed by atoms with van der Waals surface area (Å²) in [5.41, 5.74) is 5.31. The number of rotatable bonds is 3. The number of aryl methyl sites for hydroxylation is 1. The van der Waals surface area contributed by atoms with Crippen LogP contribution in [0.4, 0.5) is 19.0 Å². The Morgan fingerprint density at radius 2 is 1.94 bits per heavy atom. The van der Waals surface area contributed by atoms with Crippen LogP contribution in [0, 0.1) is 6.92 Å². The summed E-state index contributed by atoms with van der Waals surface area (Å²) >= 11 is 0. The van der Waals surface area contributed by atoms with Crippen molar-refractivity contribution in [2.75, 3.05) is 5.32 Å². The van der Waals surface area contributed by atoms with E-state index in [4.69, 9.17) is 4.42 Å². The number of nitrogens with one attached hydrogen (secondary N) is 3. The maximum absolute atomic E-state index is 13.6. The van der Waals surface area contributed by atoms with E-state index < -0.39 is 30.1 Å². The number of amides is 2. The van der Waals surface area contributed by atoms with Crippen LogP contribution in [0.15, 0.2) is 53.1 Å². The topological polar surface area (TPSA) is 101 Å². The summed E-state index contributed by atoms with van der Waals surface area (Å²) in [6.07, 6.45) is -3.56. The summed E-state index contributed by atoms with van der Waals surface area (Å²) in [5, 5.41) is 6.73. The van der Waals surface area contributed by atoms with Crippen molar-refractivity contribution in [3.8, 4) is 0 Å². The van der Waals surface area contributed by atoms with E-state index in [1.165, 1.54) is 12.3 Å². The van der Waals surface area contributed by atoms with Crippen molar-refractivity contribution in [3.63, 3.8) is 0 Å². The molecule has 3 aromatic rings. The summed E-state index contributed by atoms with van der Waals surface area (Å²) in [6.45, 7) is 1.81. The smallest absolute Gasteiger partial charge is 0.410 e. The maximum atomic E-state index is 13.6. The first-order chi connectivity index (χ1) is 14.7. The van der Waals surface area contributed by atoms with E-state index in [2.05, 4.69) is 21.3 Å². The molecule has 1 aliphatic heterocycles. The number of aromatic nitrogens is 2. The van der Waals surface area contributed by atoms with Gasteiger partial charge in [-0.1, -0.05) is 17.7 Å². The van der Waals surface area contributed by atoms with Crippen LogP contribution >= 0.6 is 0 Å². The van der Waals surface area contributed by atoms with Crippen LogP contribution < -0.4 is 16.2 Å². The number of benzene rings is 1. The quantitative estimate of drug-likeness (QED) is 0.549. The third kappa shape index (κ3) is 4.25.